The second-order valence-electron chi connectivity index (χ2n) is 5.03. The summed E-state index contributed by atoms with van der Waals surface area (Å²) in [7, 11) is 2.10. The molecule has 0 radical (unpaired) electrons. The number of nitrogens with one attached hydrogen (secondary N) is 1. The number of hydrogen-bond acceptors (Lipinski definition) is 2. The van der Waals surface area contributed by atoms with Gasteiger partial charge in [0.2, 0.25) is 0 Å². The zero-order valence-corrected chi connectivity index (χ0v) is 11.9. The fourth-order valence-electron chi connectivity index (χ4n) is 2.67. The zero-order chi connectivity index (χ0) is 12.3. The quantitative estimate of drug-likeness (QED) is 0.873. The van der Waals surface area contributed by atoms with Crippen molar-refractivity contribution in [3.05, 3.63) is 34.9 Å². The standard InChI is InChI=1S/C15H23NS/c1-11-7-8-12(2)13(10-11)15(16-3)14-6-4-5-9-17-14/h7-8,10,14-16H,4-6,9H2,1-3H3. The molecule has 1 N–H and O–H groups in total. The van der Waals surface area contributed by atoms with Crippen LogP contribution in [0.4, 0.5) is 0 Å². The van der Waals surface area contributed by atoms with Crippen molar-refractivity contribution < 1.29 is 0 Å². The van der Waals surface area contributed by atoms with Crippen molar-refractivity contribution in [2.75, 3.05) is 12.8 Å². The van der Waals surface area contributed by atoms with Gasteiger partial charge in [0, 0.05) is 11.3 Å². The molecule has 17 heavy (non-hydrogen) atoms. The van der Waals surface area contributed by atoms with E-state index in [2.05, 4.69) is 56.2 Å². The van der Waals surface area contributed by atoms with Gasteiger partial charge in [-0.15, -0.1) is 0 Å². The highest BCUT2D eigenvalue weighted by atomic mass is 32.2. The first kappa shape index (κ1) is 13.0. The van der Waals surface area contributed by atoms with Crippen molar-refractivity contribution in [1.29, 1.82) is 0 Å². The Morgan fingerprint density at radius 2 is 2.12 bits per heavy atom. The lowest BCUT2D eigenvalue weighted by molar-refractivity contribution is 0.514. The third-order valence-electron chi connectivity index (χ3n) is 3.67. The smallest absolute Gasteiger partial charge is 0.0440 e. The lowest BCUT2D eigenvalue weighted by atomic mass is 9.94. The van der Waals surface area contributed by atoms with Gasteiger partial charge >= 0.3 is 0 Å². The number of benzene rings is 1. The summed E-state index contributed by atoms with van der Waals surface area (Å²) in [5.41, 5.74) is 4.28. The van der Waals surface area contributed by atoms with Crippen LogP contribution in [0.2, 0.25) is 0 Å². The minimum atomic E-state index is 0.514. The number of aryl methyl sites for hydroxylation is 2. The van der Waals surface area contributed by atoms with Gasteiger partial charge in [0.25, 0.3) is 0 Å². The first-order valence-corrected chi connectivity index (χ1v) is 7.63. The van der Waals surface area contributed by atoms with Gasteiger partial charge in [-0.2, -0.15) is 11.8 Å². The van der Waals surface area contributed by atoms with E-state index in [4.69, 9.17) is 0 Å². The Hall–Kier alpha value is -0.470. The molecule has 1 heterocycles. The molecule has 0 spiro atoms. The van der Waals surface area contributed by atoms with Crippen LogP contribution in [0.3, 0.4) is 0 Å². The summed E-state index contributed by atoms with van der Waals surface area (Å²) in [5.74, 6) is 1.33. The van der Waals surface area contributed by atoms with Crippen LogP contribution in [0.25, 0.3) is 0 Å². The summed E-state index contributed by atoms with van der Waals surface area (Å²) >= 11 is 2.14. The average Bonchev–Trinajstić information content (AvgIpc) is 2.36. The molecule has 1 saturated heterocycles. The highest BCUT2D eigenvalue weighted by Crippen LogP contribution is 2.35. The van der Waals surface area contributed by atoms with Crippen LogP contribution < -0.4 is 5.32 Å². The van der Waals surface area contributed by atoms with Crippen LogP contribution >= 0.6 is 11.8 Å². The highest BCUT2D eigenvalue weighted by Gasteiger charge is 2.25. The maximum atomic E-state index is 3.54. The Morgan fingerprint density at radius 3 is 2.76 bits per heavy atom. The molecule has 2 unspecified atom stereocenters. The molecule has 2 atom stereocenters. The highest BCUT2D eigenvalue weighted by molar-refractivity contribution is 8.00. The second-order valence-corrected chi connectivity index (χ2v) is 6.38. The van der Waals surface area contributed by atoms with Crippen LogP contribution in [0.1, 0.15) is 42.0 Å². The minimum absolute atomic E-state index is 0.514. The summed E-state index contributed by atoms with van der Waals surface area (Å²) in [6.07, 6.45) is 4.13. The first-order valence-electron chi connectivity index (χ1n) is 6.58. The molecule has 1 aliphatic heterocycles. The molecule has 0 bridgehead atoms. The van der Waals surface area contributed by atoms with E-state index in [1.54, 1.807) is 0 Å². The zero-order valence-electron chi connectivity index (χ0n) is 11.1. The molecular formula is C15H23NS. The largest absolute Gasteiger partial charge is 0.312 e. The third kappa shape index (κ3) is 3.05. The monoisotopic (exact) mass is 249 g/mol. The Balaban J connectivity index is 2.24. The summed E-state index contributed by atoms with van der Waals surface area (Å²) < 4.78 is 0. The molecule has 1 aliphatic rings. The molecular weight excluding hydrogens is 226 g/mol. The van der Waals surface area contributed by atoms with E-state index in [-0.39, 0.29) is 0 Å². The van der Waals surface area contributed by atoms with Crippen LogP contribution in [0.15, 0.2) is 18.2 Å². The predicted octanol–water partition coefficient (Wildman–Crippen LogP) is 3.85. The average molecular weight is 249 g/mol. The molecule has 0 aromatic heterocycles. The lowest BCUT2D eigenvalue weighted by Gasteiger charge is -2.31. The molecule has 2 rings (SSSR count). The van der Waals surface area contributed by atoms with Gasteiger partial charge in [-0.05, 0) is 50.6 Å². The van der Waals surface area contributed by atoms with Crippen LogP contribution in [-0.4, -0.2) is 18.1 Å². The van der Waals surface area contributed by atoms with E-state index in [0.29, 0.717) is 6.04 Å². The van der Waals surface area contributed by atoms with Gasteiger partial charge in [0.15, 0.2) is 0 Å². The van der Waals surface area contributed by atoms with Crippen LogP contribution in [0.5, 0.6) is 0 Å². The second kappa shape index (κ2) is 5.92. The number of thioether (sulfide) groups is 1. The van der Waals surface area contributed by atoms with Crippen molar-refractivity contribution in [3.63, 3.8) is 0 Å². The summed E-state index contributed by atoms with van der Waals surface area (Å²) in [6, 6.07) is 7.33. The van der Waals surface area contributed by atoms with Crippen molar-refractivity contribution in [2.24, 2.45) is 0 Å². The molecule has 1 nitrogen and oxygen atoms in total. The molecule has 0 saturated carbocycles. The van der Waals surface area contributed by atoms with Gasteiger partial charge < -0.3 is 5.32 Å². The number of hydrogen-bond donors (Lipinski definition) is 1. The van der Waals surface area contributed by atoms with Gasteiger partial charge in [-0.3, -0.25) is 0 Å². The minimum Gasteiger partial charge on any atom is -0.312 e. The maximum absolute atomic E-state index is 3.54. The predicted molar refractivity (Wildman–Crippen MR) is 77.8 cm³/mol. The van der Waals surface area contributed by atoms with E-state index in [1.807, 2.05) is 0 Å². The van der Waals surface area contributed by atoms with E-state index in [0.717, 1.165) is 5.25 Å². The Labute approximate surface area is 109 Å². The van der Waals surface area contributed by atoms with Gasteiger partial charge in [-0.1, -0.05) is 30.2 Å². The van der Waals surface area contributed by atoms with Gasteiger partial charge in [-0.25, -0.2) is 0 Å². The van der Waals surface area contributed by atoms with Gasteiger partial charge in [0.1, 0.15) is 0 Å². The van der Waals surface area contributed by atoms with Crippen molar-refractivity contribution in [3.8, 4) is 0 Å². The Kier molecular flexibility index (Phi) is 4.52. The first-order chi connectivity index (χ1) is 8.22. The lowest BCUT2D eigenvalue weighted by Crippen LogP contribution is -2.30. The summed E-state index contributed by atoms with van der Waals surface area (Å²) in [6.45, 7) is 4.41. The Bertz CT molecular complexity index is 369. The topological polar surface area (TPSA) is 12.0 Å². The summed E-state index contributed by atoms with van der Waals surface area (Å²) in [4.78, 5) is 0. The van der Waals surface area contributed by atoms with Gasteiger partial charge in [0.05, 0.1) is 0 Å². The van der Waals surface area contributed by atoms with E-state index in [9.17, 15) is 0 Å². The van der Waals surface area contributed by atoms with Crippen molar-refractivity contribution >= 4 is 11.8 Å². The van der Waals surface area contributed by atoms with Crippen molar-refractivity contribution in [2.45, 2.75) is 44.4 Å². The fraction of sp³-hybridized carbons (Fsp3) is 0.600. The van der Waals surface area contributed by atoms with E-state index < -0.39 is 0 Å². The summed E-state index contributed by atoms with van der Waals surface area (Å²) in [5, 5.41) is 4.28. The third-order valence-corrected chi connectivity index (χ3v) is 5.13. The van der Waals surface area contributed by atoms with E-state index in [1.165, 1.54) is 41.7 Å². The van der Waals surface area contributed by atoms with Crippen molar-refractivity contribution in [1.82, 2.24) is 5.32 Å². The normalized spacial score (nSPS) is 22.4. The van der Waals surface area contributed by atoms with E-state index >= 15 is 0 Å². The number of rotatable bonds is 3. The maximum Gasteiger partial charge on any atom is 0.0440 e. The molecule has 2 heteroatoms. The Morgan fingerprint density at radius 1 is 1.29 bits per heavy atom. The van der Waals surface area contributed by atoms with Crippen LogP contribution in [-0.2, 0) is 0 Å². The molecule has 94 valence electrons. The molecule has 1 aromatic rings. The van der Waals surface area contributed by atoms with Crippen LogP contribution in [0, 0.1) is 13.8 Å². The molecule has 1 fully saturated rings. The fourth-order valence-corrected chi connectivity index (χ4v) is 4.15. The molecule has 0 aliphatic carbocycles. The molecule has 0 amide bonds. The SMILES string of the molecule is CNC(c1cc(C)ccc1C)C1CCCCS1. The molecule has 1 aromatic carbocycles.